The topological polar surface area (TPSA) is 78.5 Å². The van der Waals surface area contributed by atoms with E-state index in [1.807, 2.05) is 20.8 Å². The first-order chi connectivity index (χ1) is 12.4. The Labute approximate surface area is 154 Å². The fourth-order valence-corrected chi connectivity index (χ4v) is 3.49. The number of carbonyl (C=O) groups is 1. The van der Waals surface area contributed by atoms with E-state index in [2.05, 4.69) is 34.5 Å². The van der Waals surface area contributed by atoms with Crippen LogP contribution >= 0.6 is 0 Å². The molecule has 1 aromatic heterocycles. The third-order valence-electron chi connectivity index (χ3n) is 5.14. The molecule has 0 radical (unpaired) electrons. The summed E-state index contributed by atoms with van der Waals surface area (Å²) >= 11 is 0. The standard InChI is InChI=1S/C20H27N3O3/c1-14-4-6-17(7-5-14)11-20(13-24)12-23(8-9-26-20)19(25)10-18-15(2)21-22-16(18)3/h4-7,24H,8-13H2,1-3H3,(H,21,22)/t20-/m1/s1. The maximum Gasteiger partial charge on any atom is 0.227 e. The van der Waals surface area contributed by atoms with Crippen LogP contribution in [0, 0.1) is 20.8 Å². The molecule has 1 aromatic carbocycles. The summed E-state index contributed by atoms with van der Waals surface area (Å²) in [6.45, 7) is 7.13. The summed E-state index contributed by atoms with van der Waals surface area (Å²) in [5, 5.41) is 17.1. The van der Waals surface area contributed by atoms with Crippen molar-refractivity contribution in [2.24, 2.45) is 0 Å². The van der Waals surface area contributed by atoms with Gasteiger partial charge in [-0.3, -0.25) is 9.89 Å². The average Bonchev–Trinajstić information content (AvgIpc) is 2.96. The summed E-state index contributed by atoms with van der Waals surface area (Å²) < 4.78 is 5.95. The maximum atomic E-state index is 12.8. The van der Waals surface area contributed by atoms with Crippen LogP contribution in [0.5, 0.6) is 0 Å². The van der Waals surface area contributed by atoms with Crippen molar-refractivity contribution >= 4 is 5.91 Å². The van der Waals surface area contributed by atoms with Crippen LogP contribution in [0.3, 0.4) is 0 Å². The van der Waals surface area contributed by atoms with Gasteiger partial charge in [-0.2, -0.15) is 5.10 Å². The highest BCUT2D eigenvalue weighted by Gasteiger charge is 2.38. The van der Waals surface area contributed by atoms with E-state index in [1.54, 1.807) is 4.90 Å². The normalized spacial score (nSPS) is 20.4. The van der Waals surface area contributed by atoms with Crippen LogP contribution in [-0.4, -0.2) is 58.0 Å². The third-order valence-corrected chi connectivity index (χ3v) is 5.14. The van der Waals surface area contributed by atoms with E-state index >= 15 is 0 Å². The maximum absolute atomic E-state index is 12.8. The monoisotopic (exact) mass is 357 g/mol. The molecule has 0 bridgehead atoms. The number of carbonyl (C=O) groups excluding carboxylic acids is 1. The number of aryl methyl sites for hydroxylation is 3. The van der Waals surface area contributed by atoms with Crippen LogP contribution in [0.2, 0.25) is 0 Å². The number of aliphatic hydroxyl groups excluding tert-OH is 1. The summed E-state index contributed by atoms with van der Waals surface area (Å²) in [5.74, 6) is 0.0441. The average molecular weight is 357 g/mol. The number of benzene rings is 1. The van der Waals surface area contributed by atoms with E-state index in [0.29, 0.717) is 32.5 Å². The smallest absolute Gasteiger partial charge is 0.227 e. The third kappa shape index (κ3) is 3.97. The molecule has 1 atom stereocenters. The lowest BCUT2D eigenvalue weighted by Gasteiger charge is -2.42. The Hall–Kier alpha value is -2.18. The van der Waals surface area contributed by atoms with Crippen molar-refractivity contribution in [3.8, 4) is 0 Å². The van der Waals surface area contributed by atoms with Gasteiger partial charge in [0.2, 0.25) is 5.91 Å². The summed E-state index contributed by atoms with van der Waals surface area (Å²) in [5.41, 5.74) is 4.28. The first kappa shape index (κ1) is 18.6. The molecule has 0 spiro atoms. The van der Waals surface area contributed by atoms with Crippen LogP contribution in [-0.2, 0) is 22.4 Å². The minimum atomic E-state index is -0.746. The minimum absolute atomic E-state index is 0.0441. The minimum Gasteiger partial charge on any atom is -0.393 e. The van der Waals surface area contributed by atoms with Gasteiger partial charge in [0.15, 0.2) is 0 Å². The molecular formula is C20H27N3O3. The van der Waals surface area contributed by atoms with Crippen molar-refractivity contribution in [2.75, 3.05) is 26.3 Å². The number of rotatable bonds is 5. The molecule has 2 N–H and O–H groups in total. The van der Waals surface area contributed by atoms with Crippen molar-refractivity contribution in [1.82, 2.24) is 15.1 Å². The molecule has 1 amide bonds. The van der Waals surface area contributed by atoms with E-state index in [4.69, 9.17) is 4.74 Å². The lowest BCUT2D eigenvalue weighted by Crippen LogP contribution is -2.57. The number of ether oxygens (including phenoxy) is 1. The second-order valence-electron chi connectivity index (χ2n) is 7.26. The van der Waals surface area contributed by atoms with Crippen molar-refractivity contribution in [1.29, 1.82) is 0 Å². The molecule has 2 heterocycles. The first-order valence-corrected chi connectivity index (χ1v) is 9.01. The molecule has 26 heavy (non-hydrogen) atoms. The first-order valence-electron chi connectivity index (χ1n) is 9.01. The van der Waals surface area contributed by atoms with Gasteiger partial charge in [0, 0.05) is 24.2 Å². The molecule has 1 fully saturated rings. The van der Waals surface area contributed by atoms with E-state index in [1.165, 1.54) is 5.56 Å². The zero-order valence-electron chi connectivity index (χ0n) is 15.7. The largest absolute Gasteiger partial charge is 0.393 e. The number of aromatic nitrogens is 2. The predicted octanol–water partition coefficient (Wildman–Crippen LogP) is 1.71. The quantitative estimate of drug-likeness (QED) is 0.854. The van der Waals surface area contributed by atoms with Gasteiger partial charge in [0.1, 0.15) is 5.60 Å². The Morgan fingerprint density at radius 2 is 2.04 bits per heavy atom. The number of hydrogen-bond acceptors (Lipinski definition) is 4. The van der Waals surface area contributed by atoms with Crippen LogP contribution in [0.4, 0.5) is 0 Å². The molecule has 6 nitrogen and oxygen atoms in total. The highest BCUT2D eigenvalue weighted by atomic mass is 16.5. The van der Waals surface area contributed by atoms with E-state index in [9.17, 15) is 9.90 Å². The molecule has 2 aromatic rings. The number of nitrogens with one attached hydrogen (secondary N) is 1. The molecule has 3 rings (SSSR count). The molecule has 6 heteroatoms. The number of amides is 1. The van der Waals surface area contributed by atoms with Crippen molar-refractivity contribution < 1.29 is 14.6 Å². The Kier molecular flexibility index (Phi) is 5.44. The number of hydrogen-bond donors (Lipinski definition) is 2. The van der Waals surface area contributed by atoms with Gasteiger partial charge >= 0.3 is 0 Å². The van der Waals surface area contributed by atoms with Gasteiger partial charge in [-0.15, -0.1) is 0 Å². The second kappa shape index (κ2) is 7.60. The van der Waals surface area contributed by atoms with Crippen molar-refractivity contribution in [3.05, 3.63) is 52.3 Å². The van der Waals surface area contributed by atoms with Crippen LogP contribution in [0.25, 0.3) is 0 Å². The molecule has 0 unspecified atom stereocenters. The van der Waals surface area contributed by atoms with Gasteiger partial charge < -0.3 is 14.7 Å². The fraction of sp³-hybridized carbons (Fsp3) is 0.500. The summed E-state index contributed by atoms with van der Waals surface area (Å²) in [4.78, 5) is 14.6. The number of aliphatic hydroxyl groups is 1. The Morgan fingerprint density at radius 1 is 1.31 bits per heavy atom. The molecule has 0 saturated carbocycles. The molecule has 1 aliphatic rings. The van der Waals surface area contributed by atoms with Gasteiger partial charge in [0.25, 0.3) is 0 Å². The van der Waals surface area contributed by atoms with Crippen LogP contribution in [0.15, 0.2) is 24.3 Å². The molecule has 140 valence electrons. The van der Waals surface area contributed by atoms with Crippen molar-refractivity contribution in [2.45, 2.75) is 39.2 Å². The number of aromatic amines is 1. The van der Waals surface area contributed by atoms with E-state index in [0.717, 1.165) is 22.5 Å². The molecule has 1 saturated heterocycles. The van der Waals surface area contributed by atoms with Gasteiger partial charge in [-0.05, 0) is 26.3 Å². The number of morpholine rings is 1. The summed E-state index contributed by atoms with van der Waals surface area (Å²) in [6, 6.07) is 8.21. The molecule has 1 aliphatic heterocycles. The SMILES string of the molecule is Cc1ccc(C[C@]2(CO)CN(C(=O)Cc3c(C)n[nH]c3C)CCO2)cc1. The van der Waals surface area contributed by atoms with Gasteiger partial charge in [-0.25, -0.2) is 0 Å². The highest BCUT2D eigenvalue weighted by molar-refractivity contribution is 5.79. The van der Waals surface area contributed by atoms with Crippen LogP contribution < -0.4 is 0 Å². The Bertz CT molecular complexity index is 750. The van der Waals surface area contributed by atoms with E-state index in [-0.39, 0.29) is 12.5 Å². The second-order valence-corrected chi connectivity index (χ2v) is 7.26. The van der Waals surface area contributed by atoms with Crippen LogP contribution in [0.1, 0.15) is 28.1 Å². The zero-order chi connectivity index (χ0) is 18.7. The zero-order valence-corrected chi connectivity index (χ0v) is 15.7. The summed E-state index contributed by atoms with van der Waals surface area (Å²) in [7, 11) is 0. The fourth-order valence-electron chi connectivity index (χ4n) is 3.49. The predicted molar refractivity (Wildman–Crippen MR) is 99.0 cm³/mol. The highest BCUT2D eigenvalue weighted by Crippen LogP contribution is 2.24. The Balaban J connectivity index is 1.71. The van der Waals surface area contributed by atoms with Gasteiger partial charge in [-0.1, -0.05) is 29.8 Å². The molecular weight excluding hydrogens is 330 g/mol. The Morgan fingerprint density at radius 3 is 2.65 bits per heavy atom. The van der Waals surface area contributed by atoms with E-state index < -0.39 is 5.60 Å². The lowest BCUT2D eigenvalue weighted by molar-refractivity contribution is -0.157. The lowest BCUT2D eigenvalue weighted by atomic mass is 9.92. The summed E-state index contributed by atoms with van der Waals surface area (Å²) in [6.07, 6.45) is 0.900. The number of H-pyrrole nitrogens is 1. The molecule has 0 aliphatic carbocycles. The number of nitrogens with zero attached hydrogens (tertiary/aromatic N) is 2. The van der Waals surface area contributed by atoms with Gasteiger partial charge in [0.05, 0.1) is 31.9 Å². The van der Waals surface area contributed by atoms with Crippen molar-refractivity contribution in [3.63, 3.8) is 0 Å².